The maximum Gasteiger partial charge on any atom is 0.254 e. The number of nitrogens with two attached hydrogens (primary N) is 1. The third-order valence-electron chi connectivity index (χ3n) is 4.67. The van der Waals surface area contributed by atoms with Gasteiger partial charge >= 0.3 is 0 Å². The van der Waals surface area contributed by atoms with Gasteiger partial charge in [0.25, 0.3) is 5.91 Å². The minimum absolute atomic E-state index is 0.104. The highest BCUT2D eigenvalue weighted by Crippen LogP contribution is 2.42. The Morgan fingerprint density at radius 1 is 1.38 bits per heavy atom. The van der Waals surface area contributed by atoms with Crippen molar-refractivity contribution in [2.75, 3.05) is 19.8 Å². The van der Waals surface area contributed by atoms with E-state index in [2.05, 4.69) is 5.32 Å². The van der Waals surface area contributed by atoms with E-state index in [4.69, 9.17) is 11.1 Å². The molecule has 0 fully saturated rings. The molecule has 134 valence electrons. The van der Waals surface area contributed by atoms with E-state index >= 15 is 0 Å². The van der Waals surface area contributed by atoms with Gasteiger partial charge < -0.3 is 21.4 Å². The molecular formula is C20H21FN4O. The lowest BCUT2D eigenvalue weighted by Crippen LogP contribution is -2.33. The summed E-state index contributed by atoms with van der Waals surface area (Å²) in [6.07, 6.45) is 8.81. The Morgan fingerprint density at radius 2 is 2.15 bits per heavy atom. The summed E-state index contributed by atoms with van der Waals surface area (Å²) in [6, 6.07) is 4.46. The van der Waals surface area contributed by atoms with Crippen molar-refractivity contribution in [2.24, 2.45) is 5.92 Å². The number of nitrogens with zero attached hydrogens (tertiary/aromatic N) is 1. The molecule has 0 spiro atoms. The second kappa shape index (κ2) is 7.00. The Labute approximate surface area is 151 Å². The fourth-order valence-electron chi connectivity index (χ4n) is 3.38. The number of hydrogen-bond donors (Lipinski definition) is 3. The molecule has 0 bridgehead atoms. The van der Waals surface area contributed by atoms with Gasteiger partial charge in [0.15, 0.2) is 0 Å². The van der Waals surface area contributed by atoms with Crippen LogP contribution in [0, 0.1) is 17.1 Å². The van der Waals surface area contributed by atoms with Gasteiger partial charge in [-0.2, -0.15) is 0 Å². The molecule has 1 atom stereocenters. The SMILES string of the molecule is CN/C=C(\C=N)C1=CC=C2C(=O)N(C)C=C(c3cc(N)ccc3F)C2C1. The number of carbonyl (C=O) groups is 1. The van der Waals surface area contributed by atoms with Crippen LogP contribution in [0.5, 0.6) is 0 Å². The molecule has 1 aliphatic heterocycles. The number of nitrogens with one attached hydrogen (secondary N) is 2. The highest BCUT2D eigenvalue weighted by molar-refractivity contribution is 6.01. The lowest BCUT2D eigenvalue weighted by Gasteiger charge is -2.34. The van der Waals surface area contributed by atoms with E-state index in [0.29, 0.717) is 28.8 Å². The monoisotopic (exact) mass is 352 g/mol. The van der Waals surface area contributed by atoms with E-state index in [1.807, 2.05) is 6.08 Å². The van der Waals surface area contributed by atoms with Crippen LogP contribution in [0.25, 0.3) is 5.57 Å². The fraction of sp³-hybridized carbons (Fsp3) is 0.200. The lowest BCUT2D eigenvalue weighted by molar-refractivity contribution is -0.124. The zero-order valence-electron chi connectivity index (χ0n) is 14.7. The molecule has 2 aliphatic rings. The Morgan fingerprint density at radius 3 is 2.85 bits per heavy atom. The molecule has 1 aliphatic carbocycles. The summed E-state index contributed by atoms with van der Waals surface area (Å²) in [6.45, 7) is 0. The number of hydrogen-bond acceptors (Lipinski definition) is 4. The Kier molecular flexibility index (Phi) is 4.75. The quantitative estimate of drug-likeness (QED) is 0.576. The standard InChI is InChI=1S/C20H21FN4O/c1-24-10-13(9-22)12-3-5-15-16(7-12)18(11-25(2)20(15)26)17-8-14(23)4-6-19(17)21/h3-6,8-11,16,22,24H,7,23H2,1-2H3/b13-10+,22-9?. The van der Waals surface area contributed by atoms with Crippen LogP contribution in [0.15, 0.2) is 59.5 Å². The average Bonchev–Trinajstić information content (AvgIpc) is 2.64. The number of likely N-dealkylation sites (N-methyl/N-ethyl adjacent to an activating group) is 1. The van der Waals surface area contributed by atoms with Crippen molar-refractivity contribution in [3.8, 4) is 0 Å². The van der Waals surface area contributed by atoms with Gasteiger partial charge in [-0.15, -0.1) is 0 Å². The van der Waals surface area contributed by atoms with Gasteiger partial charge in [-0.25, -0.2) is 4.39 Å². The first kappa shape index (κ1) is 17.7. The number of allylic oxidation sites excluding steroid dienone is 5. The summed E-state index contributed by atoms with van der Waals surface area (Å²) < 4.78 is 14.5. The molecular weight excluding hydrogens is 331 g/mol. The normalized spacial score (nSPS) is 20.0. The van der Waals surface area contributed by atoms with E-state index in [-0.39, 0.29) is 17.6 Å². The topological polar surface area (TPSA) is 82.2 Å². The first-order chi connectivity index (χ1) is 12.5. The summed E-state index contributed by atoms with van der Waals surface area (Å²) in [4.78, 5) is 14.0. The molecule has 1 amide bonds. The molecule has 0 saturated carbocycles. The van der Waals surface area contributed by atoms with Crippen molar-refractivity contribution in [1.29, 1.82) is 5.41 Å². The first-order valence-corrected chi connectivity index (χ1v) is 8.29. The second-order valence-corrected chi connectivity index (χ2v) is 6.34. The zero-order chi connectivity index (χ0) is 18.8. The molecule has 1 heterocycles. The van der Waals surface area contributed by atoms with Crippen LogP contribution < -0.4 is 11.1 Å². The molecule has 6 heteroatoms. The predicted molar refractivity (Wildman–Crippen MR) is 102 cm³/mol. The number of nitrogen functional groups attached to an aromatic ring is 1. The number of rotatable bonds is 4. The minimum Gasteiger partial charge on any atom is -0.399 e. The third kappa shape index (κ3) is 3.06. The lowest BCUT2D eigenvalue weighted by atomic mass is 9.76. The summed E-state index contributed by atoms with van der Waals surface area (Å²) in [5.74, 6) is -0.760. The predicted octanol–water partition coefficient (Wildman–Crippen LogP) is 2.85. The molecule has 0 aromatic heterocycles. The molecule has 1 unspecified atom stereocenters. The summed E-state index contributed by atoms with van der Waals surface area (Å²) in [5, 5.41) is 10.5. The fourth-order valence-corrected chi connectivity index (χ4v) is 3.38. The van der Waals surface area contributed by atoms with Gasteiger partial charge in [-0.05, 0) is 35.8 Å². The maximum atomic E-state index is 14.5. The Balaban J connectivity index is 2.10. The van der Waals surface area contributed by atoms with E-state index in [1.54, 1.807) is 38.6 Å². The maximum absolute atomic E-state index is 14.5. The van der Waals surface area contributed by atoms with Crippen LogP contribution in [0.2, 0.25) is 0 Å². The number of fused-ring (bicyclic) bond motifs is 1. The van der Waals surface area contributed by atoms with E-state index in [9.17, 15) is 9.18 Å². The van der Waals surface area contributed by atoms with Crippen molar-refractivity contribution >= 4 is 23.4 Å². The van der Waals surface area contributed by atoms with Crippen LogP contribution in [0.1, 0.15) is 12.0 Å². The van der Waals surface area contributed by atoms with E-state index < -0.39 is 0 Å². The molecule has 5 nitrogen and oxygen atoms in total. The zero-order valence-corrected chi connectivity index (χ0v) is 14.7. The third-order valence-corrected chi connectivity index (χ3v) is 4.67. The number of amides is 1. The van der Waals surface area contributed by atoms with Crippen molar-refractivity contribution in [2.45, 2.75) is 6.42 Å². The minimum atomic E-state index is -0.373. The molecule has 1 aromatic rings. The van der Waals surface area contributed by atoms with E-state index in [1.165, 1.54) is 23.2 Å². The van der Waals surface area contributed by atoms with Crippen molar-refractivity contribution < 1.29 is 9.18 Å². The molecule has 4 N–H and O–H groups in total. The Hall–Kier alpha value is -3.15. The van der Waals surface area contributed by atoms with Gasteiger partial charge in [0.1, 0.15) is 5.82 Å². The summed E-state index contributed by atoms with van der Waals surface area (Å²) in [5.41, 5.74) is 9.68. The van der Waals surface area contributed by atoms with Gasteiger partial charge in [-0.1, -0.05) is 12.2 Å². The Bertz CT molecular complexity index is 895. The molecule has 3 rings (SSSR count). The van der Waals surface area contributed by atoms with E-state index in [0.717, 1.165) is 11.1 Å². The van der Waals surface area contributed by atoms with Crippen molar-refractivity contribution in [3.05, 3.63) is 70.9 Å². The number of benzene rings is 1. The summed E-state index contributed by atoms with van der Waals surface area (Å²) in [7, 11) is 3.42. The molecule has 26 heavy (non-hydrogen) atoms. The van der Waals surface area contributed by atoms with Crippen LogP contribution in [0.3, 0.4) is 0 Å². The van der Waals surface area contributed by atoms with Gasteiger partial charge in [0.05, 0.1) is 0 Å². The average molecular weight is 352 g/mol. The van der Waals surface area contributed by atoms with Gasteiger partial charge in [-0.3, -0.25) is 4.79 Å². The van der Waals surface area contributed by atoms with Crippen molar-refractivity contribution in [1.82, 2.24) is 10.2 Å². The number of carbonyl (C=O) groups excluding carboxylic acids is 1. The molecule has 0 radical (unpaired) electrons. The second-order valence-electron chi connectivity index (χ2n) is 6.34. The largest absolute Gasteiger partial charge is 0.399 e. The summed E-state index contributed by atoms with van der Waals surface area (Å²) >= 11 is 0. The van der Waals surface area contributed by atoms with Crippen LogP contribution >= 0.6 is 0 Å². The number of anilines is 1. The molecule has 1 aromatic carbocycles. The van der Waals surface area contributed by atoms with Crippen molar-refractivity contribution in [3.63, 3.8) is 0 Å². The van der Waals surface area contributed by atoms with Gasteiger partial charge in [0.2, 0.25) is 0 Å². The number of halogens is 1. The smallest absolute Gasteiger partial charge is 0.254 e. The molecule has 0 saturated heterocycles. The highest BCUT2D eigenvalue weighted by Gasteiger charge is 2.35. The van der Waals surface area contributed by atoms with Crippen LogP contribution in [-0.4, -0.2) is 31.1 Å². The van der Waals surface area contributed by atoms with Crippen LogP contribution in [-0.2, 0) is 4.79 Å². The van der Waals surface area contributed by atoms with Crippen LogP contribution in [0.4, 0.5) is 10.1 Å². The van der Waals surface area contributed by atoms with Gasteiger partial charge in [0, 0.05) is 61.0 Å². The first-order valence-electron chi connectivity index (χ1n) is 8.29. The highest BCUT2D eigenvalue weighted by atomic mass is 19.1.